The number of hydrogen-bond donors (Lipinski definition) is 2. The molecule has 4 nitrogen and oxygen atoms in total. The smallest absolute Gasteiger partial charge is 0.340 e. The molecule has 0 amide bonds. The number of rotatable bonds is 5. The zero-order chi connectivity index (χ0) is 16.4. The molecule has 0 aromatic heterocycles. The molecule has 1 rings (SSSR count). The van der Waals surface area contributed by atoms with Crippen molar-refractivity contribution in [2.75, 3.05) is 0 Å². The summed E-state index contributed by atoms with van der Waals surface area (Å²) in [5.74, 6) is -2.51. The third kappa shape index (κ3) is 3.93. The molecule has 0 aliphatic carbocycles. The van der Waals surface area contributed by atoms with Crippen LogP contribution in [-0.4, -0.2) is 26.5 Å². The van der Waals surface area contributed by atoms with Crippen LogP contribution in [0.4, 0.5) is 8.78 Å². The van der Waals surface area contributed by atoms with Crippen LogP contribution in [0.2, 0.25) is 0 Å². The molecular formula is C14H19F2NO3S. The van der Waals surface area contributed by atoms with E-state index in [1.807, 2.05) is 0 Å². The summed E-state index contributed by atoms with van der Waals surface area (Å²) in [5, 5.41) is 8.95. The second-order valence-corrected chi connectivity index (χ2v) is 7.83. The lowest BCUT2D eigenvalue weighted by molar-refractivity contribution is -0.145. The van der Waals surface area contributed by atoms with Crippen molar-refractivity contribution in [2.45, 2.75) is 44.2 Å². The van der Waals surface area contributed by atoms with Crippen LogP contribution in [0.3, 0.4) is 0 Å². The number of carbonyl (C=O) groups is 1. The molecule has 0 fully saturated rings. The molecule has 0 bridgehead atoms. The van der Waals surface area contributed by atoms with Crippen LogP contribution in [0, 0.1) is 5.82 Å². The number of alkyl halides is 1. The highest BCUT2D eigenvalue weighted by Gasteiger charge is 2.48. The van der Waals surface area contributed by atoms with Crippen molar-refractivity contribution in [1.29, 1.82) is 0 Å². The van der Waals surface area contributed by atoms with Gasteiger partial charge in [0.25, 0.3) is 0 Å². The van der Waals surface area contributed by atoms with Gasteiger partial charge in [0, 0.05) is 16.9 Å². The summed E-state index contributed by atoms with van der Waals surface area (Å²) in [4.78, 5) is 11.0. The van der Waals surface area contributed by atoms with Crippen LogP contribution >= 0.6 is 0 Å². The van der Waals surface area contributed by atoms with Gasteiger partial charge in [0.05, 0.1) is 0 Å². The van der Waals surface area contributed by atoms with Crippen LogP contribution in [0.5, 0.6) is 0 Å². The van der Waals surface area contributed by atoms with Crippen molar-refractivity contribution in [3.8, 4) is 0 Å². The monoisotopic (exact) mass is 319 g/mol. The van der Waals surface area contributed by atoms with Gasteiger partial charge in [0.15, 0.2) is 0 Å². The lowest BCUT2D eigenvalue weighted by atomic mass is 9.88. The van der Waals surface area contributed by atoms with Gasteiger partial charge in [0.2, 0.25) is 6.17 Å². The molecule has 1 aromatic rings. The minimum Gasteiger partial charge on any atom is -0.598 e. The van der Waals surface area contributed by atoms with Crippen LogP contribution < -0.4 is 4.72 Å². The van der Waals surface area contributed by atoms with Gasteiger partial charge < -0.3 is 9.66 Å². The molecule has 0 aliphatic heterocycles. The van der Waals surface area contributed by atoms with E-state index in [2.05, 4.69) is 4.72 Å². The minimum atomic E-state index is -2.46. The van der Waals surface area contributed by atoms with Crippen LogP contribution in [0.25, 0.3) is 0 Å². The maximum Gasteiger partial charge on any atom is 0.340 e. The zero-order valence-corrected chi connectivity index (χ0v) is 13.1. The number of carboxylic acid groups (broad SMARTS) is 1. The normalized spacial score (nSPS) is 17.9. The molecular weight excluding hydrogens is 300 g/mol. The topological polar surface area (TPSA) is 72.4 Å². The Kier molecular flexibility index (Phi) is 5.35. The van der Waals surface area contributed by atoms with Gasteiger partial charge in [-0.25, -0.2) is 13.6 Å². The number of benzene rings is 1. The summed E-state index contributed by atoms with van der Waals surface area (Å²) in [6, 6.07) is 5.25. The summed E-state index contributed by atoms with van der Waals surface area (Å²) < 4.78 is 42.1. The summed E-state index contributed by atoms with van der Waals surface area (Å²) in [6.45, 7) is 6.12. The van der Waals surface area contributed by atoms with Crippen molar-refractivity contribution < 1.29 is 23.2 Å². The van der Waals surface area contributed by atoms with Gasteiger partial charge >= 0.3 is 5.97 Å². The second kappa shape index (κ2) is 6.29. The Bertz CT molecular complexity index is 521. The van der Waals surface area contributed by atoms with E-state index in [9.17, 15) is 18.1 Å². The predicted molar refractivity (Wildman–Crippen MR) is 77.3 cm³/mol. The first-order chi connectivity index (χ1) is 9.50. The number of nitrogens with one attached hydrogen (secondary N) is 1. The average molecular weight is 319 g/mol. The molecule has 0 aliphatic rings. The maximum atomic E-state index is 14.2. The second-order valence-electron chi connectivity index (χ2n) is 5.87. The summed E-state index contributed by atoms with van der Waals surface area (Å²) in [6.07, 6.45) is -2.46. The molecule has 0 heterocycles. The highest BCUT2D eigenvalue weighted by molar-refractivity contribution is 7.90. The Hall–Kier alpha value is -1.18. The third-order valence-electron chi connectivity index (χ3n) is 3.02. The van der Waals surface area contributed by atoms with Gasteiger partial charge in [-0.15, -0.1) is 4.72 Å². The van der Waals surface area contributed by atoms with Gasteiger partial charge in [-0.1, -0.05) is 18.2 Å². The molecule has 0 saturated carbocycles. The summed E-state index contributed by atoms with van der Waals surface area (Å²) >= 11 is -1.77. The van der Waals surface area contributed by atoms with E-state index in [0.717, 1.165) is 6.07 Å². The van der Waals surface area contributed by atoms with E-state index in [0.29, 0.717) is 0 Å². The van der Waals surface area contributed by atoms with Crippen LogP contribution in [0.1, 0.15) is 33.3 Å². The van der Waals surface area contributed by atoms with Crippen LogP contribution in [-0.2, 0) is 21.7 Å². The number of halogens is 2. The maximum absolute atomic E-state index is 14.2. The first-order valence-electron chi connectivity index (χ1n) is 6.31. The highest BCUT2D eigenvalue weighted by Crippen LogP contribution is 2.32. The number of hydrogen-bond acceptors (Lipinski definition) is 3. The van der Waals surface area contributed by atoms with E-state index in [1.165, 1.54) is 25.1 Å². The summed E-state index contributed by atoms with van der Waals surface area (Å²) in [7, 11) is 0. The SMILES string of the molecule is CC(N[S+]([O-])C(C)(C)C)(c1ccccc1F)[C@@H](F)C(=O)O. The van der Waals surface area contributed by atoms with Gasteiger partial charge in [-0.2, -0.15) is 0 Å². The fourth-order valence-electron chi connectivity index (χ4n) is 1.72. The van der Waals surface area contributed by atoms with Crippen molar-refractivity contribution in [1.82, 2.24) is 4.72 Å². The highest BCUT2D eigenvalue weighted by atomic mass is 32.2. The molecule has 2 N–H and O–H groups in total. The van der Waals surface area contributed by atoms with E-state index < -0.39 is 39.6 Å². The molecule has 2 unspecified atom stereocenters. The van der Waals surface area contributed by atoms with E-state index >= 15 is 0 Å². The molecule has 21 heavy (non-hydrogen) atoms. The Morgan fingerprint density at radius 1 is 1.33 bits per heavy atom. The fourth-order valence-corrected chi connectivity index (χ4v) is 2.62. The molecule has 118 valence electrons. The largest absolute Gasteiger partial charge is 0.598 e. The van der Waals surface area contributed by atoms with E-state index in [-0.39, 0.29) is 5.56 Å². The van der Waals surface area contributed by atoms with Gasteiger partial charge in [-0.05, 0) is 33.8 Å². The summed E-state index contributed by atoms with van der Waals surface area (Å²) in [5.41, 5.74) is -2.13. The van der Waals surface area contributed by atoms with Crippen molar-refractivity contribution in [2.24, 2.45) is 0 Å². The fraction of sp³-hybridized carbons (Fsp3) is 0.500. The average Bonchev–Trinajstić information content (AvgIpc) is 2.36. The Morgan fingerprint density at radius 3 is 2.29 bits per heavy atom. The lowest BCUT2D eigenvalue weighted by Gasteiger charge is -2.35. The lowest BCUT2D eigenvalue weighted by Crippen LogP contribution is -2.56. The minimum absolute atomic E-state index is 0.183. The first kappa shape index (κ1) is 17.9. The predicted octanol–water partition coefficient (Wildman–Crippen LogP) is 2.52. The molecule has 0 spiro atoms. The number of aliphatic carboxylic acids is 1. The quantitative estimate of drug-likeness (QED) is 0.818. The van der Waals surface area contributed by atoms with Gasteiger partial charge in [-0.3, -0.25) is 0 Å². The van der Waals surface area contributed by atoms with Gasteiger partial charge in [0.1, 0.15) is 16.1 Å². The van der Waals surface area contributed by atoms with Crippen molar-refractivity contribution in [3.63, 3.8) is 0 Å². The standard InChI is InChI=1S/C14H19F2NO3S/c1-13(2,3)21(20)17-14(4,11(16)12(18)19)9-7-5-6-8-10(9)15/h5-8,11,17H,1-4H3,(H,18,19)/t11-,14?,21?/m0/s1. The van der Waals surface area contributed by atoms with Crippen molar-refractivity contribution in [3.05, 3.63) is 35.6 Å². The zero-order valence-electron chi connectivity index (χ0n) is 12.3. The molecule has 0 radical (unpaired) electrons. The molecule has 7 heteroatoms. The number of carboxylic acids is 1. The van der Waals surface area contributed by atoms with Crippen molar-refractivity contribution >= 4 is 17.3 Å². The molecule has 3 atom stereocenters. The third-order valence-corrected chi connectivity index (χ3v) is 4.74. The van der Waals surface area contributed by atoms with Crippen LogP contribution in [0.15, 0.2) is 24.3 Å². The Balaban J connectivity index is 3.31. The van der Waals surface area contributed by atoms with E-state index in [1.54, 1.807) is 20.8 Å². The molecule has 1 aromatic carbocycles. The Labute approximate surface area is 125 Å². The molecule has 0 saturated heterocycles. The van der Waals surface area contributed by atoms with E-state index in [4.69, 9.17) is 5.11 Å². The first-order valence-corrected chi connectivity index (χ1v) is 7.46. The Morgan fingerprint density at radius 2 is 1.86 bits per heavy atom.